The Morgan fingerprint density at radius 2 is 1.60 bits per heavy atom. The molecule has 4 nitrogen and oxygen atoms in total. The van der Waals surface area contributed by atoms with Crippen LogP contribution in [0.1, 0.15) is 11.1 Å². The lowest BCUT2D eigenvalue weighted by Crippen LogP contribution is -2.18. The van der Waals surface area contributed by atoms with E-state index in [0.29, 0.717) is 5.69 Å². The van der Waals surface area contributed by atoms with Gasteiger partial charge in [-0.3, -0.25) is 4.99 Å². The molecule has 104 valence electrons. The molecule has 0 fully saturated rings. The van der Waals surface area contributed by atoms with Crippen LogP contribution in [-0.4, -0.2) is 21.7 Å². The van der Waals surface area contributed by atoms with Crippen molar-refractivity contribution in [1.82, 2.24) is 4.72 Å². The average Bonchev–Trinajstić information content (AvgIpc) is 2.47. The van der Waals surface area contributed by atoms with Gasteiger partial charge < -0.3 is 0 Å². The Kier molecular flexibility index (Phi) is 4.32. The van der Waals surface area contributed by atoms with E-state index in [4.69, 9.17) is 0 Å². The van der Waals surface area contributed by atoms with E-state index < -0.39 is 10.0 Å². The number of hydrogen-bond acceptors (Lipinski definition) is 3. The van der Waals surface area contributed by atoms with Gasteiger partial charge in [0.05, 0.1) is 10.6 Å². The van der Waals surface area contributed by atoms with Crippen LogP contribution in [0.2, 0.25) is 0 Å². The zero-order valence-electron chi connectivity index (χ0n) is 11.4. The van der Waals surface area contributed by atoms with Crippen molar-refractivity contribution < 1.29 is 8.42 Å². The minimum atomic E-state index is -3.39. The van der Waals surface area contributed by atoms with Crippen molar-refractivity contribution in [1.29, 1.82) is 0 Å². The van der Waals surface area contributed by atoms with Gasteiger partial charge >= 0.3 is 0 Å². The van der Waals surface area contributed by atoms with Crippen molar-refractivity contribution >= 4 is 21.9 Å². The first-order valence-corrected chi connectivity index (χ1v) is 7.64. The Balaban J connectivity index is 2.17. The molecule has 0 saturated heterocycles. The molecule has 0 radical (unpaired) electrons. The van der Waals surface area contributed by atoms with E-state index in [1.54, 1.807) is 18.3 Å². The van der Waals surface area contributed by atoms with Gasteiger partial charge in [-0.2, -0.15) is 0 Å². The standard InChI is InChI=1S/C15H16N2O2S/c1-12-3-5-13(6-4-12)11-17-14-7-9-15(10-8-14)20(18,19)16-2/h3-11,16H,1-2H3. The normalized spacial score (nSPS) is 11.9. The SMILES string of the molecule is CNS(=O)(=O)c1ccc(N=Cc2ccc(C)cc2)cc1. The Morgan fingerprint density at radius 3 is 2.15 bits per heavy atom. The first-order chi connectivity index (χ1) is 9.51. The Labute approximate surface area is 119 Å². The molecule has 0 saturated carbocycles. The largest absolute Gasteiger partial charge is 0.256 e. The predicted molar refractivity (Wildman–Crippen MR) is 81.1 cm³/mol. The number of benzene rings is 2. The van der Waals surface area contributed by atoms with Gasteiger partial charge in [-0.1, -0.05) is 29.8 Å². The number of nitrogens with one attached hydrogen (secondary N) is 1. The highest BCUT2D eigenvalue weighted by Crippen LogP contribution is 2.16. The summed E-state index contributed by atoms with van der Waals surface area (Å²) in [6, 6.07) is 14.4. The Hall–Kier alpha value is -1.98. The molecule has 0 aliphatic carbocycles. The smallest absolute Gasteiger partial charge is 0.240 e. The molecule has 0 heterocycles. The third-order valence-electron chi connectivity index (χ3n) is 2.86. The van der Waals surface area contributed by atoms with Gasteiger partial charge in [-0.15, -0.1) is 0 Å². The van der Waals surface area contributed by atoms with E-state index in [9.17, 15) is 8.42 Å². The summed E-state index contributed by atoms with van der Waals surface area (Å²) < 4.78 is 25.4. The highest BCUT2D eigenvalue weighted by atomic mass is 32.2. The van der Waals surface area contributed by atoms with E-state index in [-0.39, 0.29) is 4.90 Å². The van der Waals surface area contributed by atoms with Gasteiger partial charge in [0.1, 0.15) is 0 Å². The van der Waals surface area contributed by atoms with Gasteiger partial charge in [-0.05, 0) is 43.8 Å². The summed E-state index contributed by atoms with van der Waals surface area (Å²) in [6.45, 7) is 2.03. The molecule has 0 unspecified atom stereocenters. The fraction of sp³-hybridized carbons (Fsp3) is 0.133. The molecule has 0 spiro atoms. The second kappa shape index (κ2) is 5.98. The van der Waals surface area contributed by atoms with E-state index in [0.717, 1.165) is 5.56 Å². The first kappa shape index (κ1) is 14.4. The van der Waals surface area contributed by atoms with Crippen LogP contribution in [0.5, 0.6) is 0 Å². The van der Waals surface area contributed by atoms with Crippen molar-refractivity contribution in [2.24, 2.45) is 4.99 Å². The molecule has 0 atom stereocenters. The summed E-state index contributed by atoms with van der Waals surface area (Å²) in [4.78, 5) is 4.55. The number of aryl methyl sites for hydroxylation is 1. The number of rotatable bonds is 4. The number of sulfonamides is 1. The Morgan fingerprint density at radius 1 is 1.00 bits per heavy atom. The van der Waals surface area contributed by atoms with Crippen LogP contribution >= 0.6 is 0 Å². The summed E-state index contributed by atoms with van der Waals surface area (Å²) in [5.74, 6) is 0. The minimum absolute atomic E-state index is 0.231. The summed E-state index contributed by atoms with van der Waals surface area (Å²) in [5.41, 5.74) is 2.91. The van der Waals surface area contributed by atoms with Crippen LogP contribution in [0, 0.1) is 6.92 Å². The van der Waals surface area contributed by atoms with E-state index >= 15 is 0 Å². The van der Waals surface area contributed by atoms with Crippen molar-refractivity contribution in [2.75, 3.05) is 7.05 Å². The molecule has 2 aromatic carbocycles. The van der Waals surface area contributed by atoms with Gasteiger partial charge in [0.25, 0.3) is 0 Å². The van der Waals surface area contributed by atoms with Gasteiger partial charge in [-0.25, -0.2) is 13.1 Å². The summed E-state index contributed by atoms with van der Waals surface area (Å²) >= 11 is 0. The number of aliphatic imine (C=N–C) groups is 1. The first-order valence-electron chi connectivity index (χ1n) is 6.15. The second-order valence-electron chi connectivity index (χ2n) is 4.37. The molecule has 2 rings (SSSR count). The maximum Gasteiger partial charge on any atom is 0.240 e. The maximum absolute atomic E-state index is 11.6. The molecule has 0 bridgehead atoms. The molecule has 0 aromatic heterocycles. The van der Waals surface area contributed by atoms with Crippen LogP contribution in [0.25, 0.3) is 0 Å². The third kappa shape index (κ3) is 3.53. The lowest BCUT2D eigenvalue weighted by atomic mass is 10.2. The molecular formula is C15H16N2O2S. The second-order valence-corrected chi connectivity index (χ2v) is 6.26. The van der Waals surface area contributed by atoms with E-state index in [1.165, 1.54) is 24.7 Å². The lowest BCUT2D eigenvalue weighted by Gasteiger charge is -2.02. The van der Waals surface area contributed by atoms with Crippen LogP contribution in [0.4, 0.5) is 5.69 Å². The van der Waals surface area contributed by atoms with Gasteiger partial charge in [0.2, 0.25) is 10.0 Å². The third-order valence-corrected chi connectivity index (χ3v) is 4.29. The summed E-state index contributed by atoms with van der Waals surface area (Å²) in [5, 5.41) is 0. The van der Waals surface area contributed by atoms with Crippen LogP contribution in [0.15, 0.2) is 58.4 Å². The molecule has 5 heteroatoms. The summed E-state index contributed by atoms with van der Waals surface area (Å²) in [7, 11) is -2.00. The lowest BCUT2D eigenvalue weighted by molar-refractivity contribution is 0.588. The van der Waals surface area contributed by atoms with Crippen molar-refractivity contribution in [3.05, 3.63) is 59.7 Å². The molecule has 1 N–H and O–H groups in total. The monoisotopic (exact) mass is 288 g/mol. The summed E-state index contributed by atoms with van der Waals surface area (Å²) in [6.07, 6.45) is 1.75. The predicted octanol–water partition coefficient (Wildman–Crippen LogP) is 2.65. The molecule has 20 heavy (non-hydrogen) atoms. The van der Waals surface area contributed by atoms with Gasteiger partial charge in [0, 0.05) is 6.21 Å². The molecule has 0 aliphatic rings. The zero-order chi connectivity index (χ0) is 14.6. The van der Waals surface area contributed by atoms with Gasteiger partial charge in [0.15, 0.2) is 0 Å². The van der Waals surface area contributed by atoms with Crippen LogP contribution in [0.3, 0.4) is 0 Å². The number of hydrogen-bond donors (Lipinski definition) is 1. The van der Waals surface area contributed by atoms with Crippen molar-refractivity contribution in [3.63, 3.8) is 0 Å². The highest BCUT2D eigenvalue weighted by Gasteiger charge is 2.09. The maximum atomic E-state index is 11.6. The average molecular weight is 288 g/mol. The number of nitrogens with zero attached hydrogens (tertiary/aromatic N) is 1. The zero-order valence-corrected chi connectivity index (χ0v) is 12.2. The molecule has 0 amide bonds. The van der Waals surface area contributed by atoms with Crippen molar-refractivity contribution in [2.45, 2.75) is 11.8 Å². The highest BCUT2D eigenvalue weighted by molar-refractivity contribution is 7.89. The minimum Gasteiger partial charge on any atom is -0.256 e. The molecule has 2 aromatic rings. The van der Waals surface area contributed by atoms with E-state index in [2.05, 4.69) is 9.71 Å². The quantitative estimate of drug-likeness (QED) is 0.879. The van der Waals surface area contributed by atoms with E-state index in [1.807, 2.05) is 31.2 Å². The fourth-order valence-electron chi connectivity index (χ4n) is 1.63. The van der Waals surface area contributed by atoms with Crippen LogP contribution < -0.4 is 4.72 Å². The molecular weight excluding hydrogens is 272 g/mol. The van der Waals surface area contributed by atoms with Crippen LogP contribution in [-0.2, 0) is 10.0 Å². The topological polar surface area (TPSA) is 58.5 Å². The van der Waals surface area contributed by atoms with Crippen molar-refractivity contribution in [3.8, 4) is 0 Å². The Bertz CT molecular complexity index is 703. The fourth-order valence-corrected chi connectivity index (χ4v) is 2.36. The molecule has 0 aliphatic heterocycles.